The smallest absolute Gasteiger partial charge is 0.153 e. The van der Waals surface area contributed by atoms with Gasteiger partial charge in [-0.1, -0.05) is 25.4 Å². The fraction of sp³-hybridized carbons (Fsp3) is 0.556. The van der Waals surface area contributed by atoms with Gasteiger partial charge in [0, 0.05) is 12.6 Å². The molecule has 1 aromatic heterocycles. The number of nitrogens with zero attached hydrogens (tertiary/aromatic N) is 2. The first-order chi connectivity index (χ1) is 6.18. The van der Waals surface area contributed by atoms with Crippen LogP contribution in [0.1, 0.15) is 20.3 Å². The van der Waals surface area contributed by atoms with Crippen molar-refractivity contribution in [2.75, 3.05) is 11.9 Å². The van der Waals surface area contributed by atoms with E-state index in [0.29, 0.717) is 11.1 Å². The molecule has 0 radical (unpaired) electrons. The number of anilines is 1. The van der Waals surface area contributed by atoms with Crippen molar-refractivity contribution in [3.63, 3.8) is 0 Å². The molecule has 0 aromatic carbocycles. The quantitative estimate of drug-likeness (QED) is 0.810. The van der Waals surface area contributed by atoms with Gasteiger partial charge in [-0.05, 0) is 12.3 Å². The molecule has 1 heterocycles. The Hall–Kier alpha value is -0.830. The Bertz CT molecular complexity index is 263. The first-order valence-electron chi connectivity index (χ1n) is 4.40. The molecule has 1 aromatic rings. The highest BCUT2D eigenvalue weighted by Gasteiger charge is 1.96. The van der Waals surface area contributed by atoms with Crippen LogP contribution >= 0.6 is 11.6 Å². The minimum atomic E-state index is 0.426. The second kappa shape index (κ2) is 5.02. The van der Waals surface area contributed by atoms with Gasteiger partial charge in [-0.15, -0.1) is 5.10 Å². The van der Waals surface area contributed by atoms with Gasteiger partial charge >= 0.3 is 0 Å². The van der Waals surface area contributed by atoms with E-state index in [9.17, 15) is 0 Å². The van der Waals surface area contributed by atoms with E-state index in [0.717, 1.165) is 18.7 Å². The van der Waals surface area contributed by atoms with Gasteiger partial charge in [0.25, 0.3) is 0 Å². The molecule has 1 N–H and O–H groups in total. The molecule has 13 heavy (non-hydrogen) atoms. The first-order valence-corrected chi connectivity index (χ1v) is 4.78. The van der Waals surface area contributed by atoms with Gasteiger partial charge in [-0.25, -0.2) is 0 Å². The number of hydrogen-bond donors (Lipinski definition) is 1. The van der Waals surface area contributed by atoms with Crippen LogP contribution < -0.4 is 5.32 Å². The van der Waals surface area contributed by atoms with E-state index < -0.39 is 0 Å². The molecular formula is C9H14ClN3. The Labute approximate surface area is 83.5 Å². The molecule has 1 rings (SSSR count). The summed E-state index contributed by atoms with van der Waals surface area (Å²) in [6.07, 6.45) is 2.81. The molecule has 0 saturated heterocycles. The minimum absolute atomic E-state index is 0.426. The third-order valence-electron chi connectivity index (χ3n) is 1.68. The third-order valence-corrected chi connectivity index (χ3v) is 1.86. The lowest BCUT2D eigenvalue weighted by Gasteiger charge is -2.07. The molecule has 0 spiro atoms. The van der Waals surface area contributed by atoms with E-state index in [1.807, 2.05) is 0 Å². The van der Waals surface area contributed by atoms with Crippen molar-refractivity contribution >= 4 is 17.3 Å². The topological polar surface area (TPSA) is 37.8 Å². The molecular weight excluding hydrogens is 186 g/mol. The van der Waals surface area contributed by atoms with Crippen LogP contribution in [0, 0.1) is 5.92 Å². The van der Waals surface area contributed by atoms with Crippen LogP contribution in [0.4, 0.5) is 5.69 Å². The van der Waals surface area contributed by atoms with E-state index in [-0.39, 0.29) is 0 Å². The Balaban J connectivity index is 2.37. The van der Waals surface area contributed by atoms with E-state index in [4.69, 9.17) is 11.6 Å². The summed E-state index contributed by atoms with van der Waals surface area (Å²) in [5, 5.41) is 11.1. The van der Waals surface area contributed by atoms with Gasteiger partial charge < -0.3 is 5.32 Å². The SMILES string of the molecule is CC(C)CCNc1cnnc(Cl)c1. The van der Waals surface area contributed by atoms with E-state index in [1.54, 1.807) is 12.3 Å². The van der Waals surface area contributed by atoms with Crippen LogP contribution in [0.3, 0.4) is 0 Å². The highest BCUT2D eigenvalue weighted by atomic mass is 35.5. The zero-order valence-electron chi connectivity index (χ0n) is 7.92. The van der Waals surface area contributed by atoms with Gasteiger partial charge in [-0.2, -0.15) is 5.10 Å². The summed E-state index contributed by atoms with van der Waals surface area (Å²) in [5.41, 5.74) is 0.931. The van der Waals surface area contributed by atoms with Crippen molar-refractivity contribution in [2.24, 2.45) is 5.92 Å². The van der Waals surface area contributed by atoms with Crippen molar-refractivity contribution < 1.29 is 0 Å². The first kappa shape index (κ1) is 10.3. The summed E-state index contributed by atoms with van der Waals surface area (Å²) in [6.45, 7) is 5.33. The van der Waals surface area contributed by atoms with E-state index >= 15 is 0 Å². The van der Waals surface area contributed by atoms with Gasteiger partial charge in [0.05, 0.1) is 11.9 Å². The maximum absolute atomic E-state index is 5.67. The third kappa shape index (κ3) is 4.08. The highest BCUT2D eigenvalue weighted by molar-refractivity contribution is 6.29. The van der Waals surface area contributed by atoms with Crippen molar-refractivity contribution in [3.8, 4) is 0 Å². The Kier molecular flexibility index (Phi) is 3.96. The molecule has 72 valence electrons. The minimum Gasteiger partial charge on any atom is -0.384 e. The summed E-state index contributed by atoms with van der Waals surface area (Å²) in [7, 11) is 0. The molecule has 0 fully saturated rings. The normalized spacial score (nSPS) is 10.5. The lowest BCUT2D eigenvalue weighted by atomic mass is 10.1. The summed E-state index contributed by atoms with van der Waals surface area (Å²) >= 11 is 5.67. The van der Waals surface area contributed by atoms with Crippen LogP contribution in [-0.2, 0) is 0 Å². The highest BCUT2D eigenvalue weighted by Crippen LogP contribution is 2.10. The number of halogens is 1. The molecule has 3 nitrogen and oxygen atoms in total. The molecule has 0 aliphatic carbocycles. The molecule has 0 aliphatic heterocycles. The second-order valence-electron chi connectivity index (χ2n) is 3.38. The molecule has 4 heteroatoms. The largest absolute Gasteiger partial charge is 0.384 e. The Morgan fingerprint density at radius 1 is 1.54 bits per heavy atom. The maximum Gasteiger partial charge on any atom is 0.153 e. The van der Waals surface area contributed by atoms with Crippen LogP contribution in [-0.4, -0.2) is 16.7 Å². The van der Waals surface area contributed by atoms with Gasteiger partial charge in [0.1, 0.15) is 0 Å². The fourth-order valence-electron chi connectivity index (χ4n) is 0.943. The fourth-order valence-corrected chi connectivity index (χ4v) is 1.10. The van der Waals surface area contributed by atoms with Crippen LogP contribution in [0.15, 0.2) is 12.3 Å². The molecule has 0 atom stereocenters. The van der Waals surface area contributed by atoms with Crippen LogP contribution in [0.5, 0.6) is 0 Å². The lowest BCUT2D eigenvalue weighted by molar-refractivity contribution is 0.607. The number of nitrogens with one attached hydrogen (secondary N) is 1. The summed E-state index contributed by atoms with van der Waals surface area (Å²) in [5.74, 6) is 0.706. The molecule has 0 aliphatic rings. The van der Waals surface area contributed by atoms with Gasteiger partial charge in [0.2, 0.25) is 0 Å². The monoisotopic (exact) mass is 199 g/mol. The molecule has 0 amide bonds. The maximum atomic E-state index is 5.67. The zero-order valence-corrected chi connectivity index (χ0v) is 8.67. The average Bonchev–Trinajstić information content (AvgIpc) is 2.03. The number of hydrogen-bond acceptors (Lipinski definition) is 3. The molecule has 0 saturated carbocycles. The Morgan fingerprint density at radius 3 is 2.92 bits per heavy atom. The van der Waals surface area contributed by atoms with Crippen molar-refractivity contribution in [3.05, 3.63) is 17.4 Å². The average molecular weight is 200 g/mol. The van der Waals surface area contributed by atoms with Crippen molar-refractivity contribution in [1.82, 2.24) is 10.2 Å². The number of aromatic nitrogens is 2. The zero-order chi connectivity index (χ0) is 9.68. The van der Waals surface area contributed by atoms with Crippen molar-refractivity contribution in [2.45, 2.75) is 20.3 Å². The summed E-state index contributed by atoms with van der Waals surface area (Å²) in [4.78, 5) is 0. The van der Waals surface area contributed by atoms with Gasteiger partial charge in [-0.3, -0.25) is 0 Å². The predicted molar refractivity (Wildman–Crippen MR) is 55.0 cm³/mol. The lowest BCUT2D eigenvalue weighted by Crippen LogP contribution is -2.05. The molecule has 0 unspecified atom stereocenters. The summed E-state index contributed by atoms with van der Waals surface area (Å²) < 4.78 is 0. The van der Waals surface area contributed by atoms with Crippen molar-refractivity contribution in [1.29, 1.82) is 0 Å². The van der Waals surface area contributed by atoms with E-state index in [2.05, 4.69) is 29.4 Å². The second-order valence-corrected chi connectivity index (χ2v) is 3.76. The predicted octanol–water partition coefficient (Wildman–Crippen LogP) is 2.59. The molecule has 0 bridgehead atoms. The van der Waals surface area contributed by atoms with Crippen LogP contribution in [0.25, 0.3) is 0 Å². The standard InChI is InChI=1S/C9H14ClN3/c1-7(2)3-4-11-8-5-9(10)13-12-6-8/h5-7H,3-4H2,1-2H3,(H,11,13). The summed E-state index contributed by atoms with van der Waals surface area (Å²) in [6, 6.07) is 1.77. The van der Waals surface area contributed by atoms with Gasteiger partial charge in [0.15, 0.2) is 5.15 Å². The van der Waals surface area contributed by atoms with E-state index in [1.165, 1.54) is 0 Å². The van der Waals surface area contributed by atoms with Crippen LogP contribution in [0.2, 0.25) is 5.15 Å². The Morgan fingerprint density at radius 2 is 2.31 bits per heavy atom. The number of rotatable bonds is 4.